The number of rotatable bonds is 4. The molecule has 0 aromatic carbocycles. The van der Waals surface area contributed by atoms with Crippen molar-refractivity contribution in [2.45, 2.75) is 44.4 Å². The van der Waals surface area contributed by atoms with Crippen LogP contribution in [0.25, 0.3) is 0 Å². The minimum Gasteiger partial charge on any atom is -0.333 e. The molecule has 0 bridgehead atoms. The highest BCUT2D eigenvalue weighted by Gasteiger charge is 2.35. The molecule has 1 fully saturated rings. The molecular weight excluding hydrogens is 307 g/mol. The van der Waals surface area contributed by atoms with E-state index in [9.17, 15) is 18.0 Å². The Labute approximate surface area is 125 Å². The summed E-state index contributed by atoms with van der Waals surface area (Å²) in [4.78, 5) is 13.5. The third kappa shape index (κ3) is 3.70. The molecule has 118 valence electrons. The lowest BCUT2D eigenvalue weighted by molar-refractivity contribution is -0.141. The Kier molecular flexibility index (Phi) is 4.81. The lowest BCUT2D eigenvalue weighted by Gasteiger charge is -2.28. The second-order valence-electron chi connectivity index (χ2n) is 5.24. The van der Waals surface area contributed by atoms with E-state index in [0.717, 1.165) is 31.7 Å². The number of aryl methyl sites for hydroxylation is 1. The van der Waals surface area contributed by atoms with Gasteiger partial charge in [-0.1, -0.05) is 12.8 Å². The predicted octanol–water partition coefficient (Wildman–Crippen LogP) is 2.95. The van der Waals surface area contributed by atoms with Gasteiger partial charge in [-0.25, -0.2) is 0 Å². The number of nitrogens with zero attached hydrogens (tertiary/aromatic N) is 3. The molecule has 2 rings (SSSR count). The van der Waals surface area contributed by atoms with Gasteiger partial charge >= 0.3 is 6.18 Å². The molecule has 1 aromatic rings. The van der Waals surface area contributed by atoms with E-state index in [1.54, 1.807) is 4.90 Å². The van der Waals surface area contributed by atoms with Gasteiger partial charge in [-0.05, 0) is 18.9 Å². The van der Waals surface area contributed by atoms with Gasteiger partial charge in [-0.2, -0.15) is 18.3 Å². The molecule has 0 radical (unpaired) electrons. The fourth-order valence-corrected chi connectivity index (χ4v) is 2.83. The van der Waals surface area contributed by atoms with Crippen LogP contribution in [0.1, 0.15) is 37.1 Å². The SMILES string of the molecule is Cn1nc(C(F)(F)F)cc1CN(C(=O)CCl)C1CCCC1. The van der Waals surface area contributed by atoms with Crippen molar-refractivity contribution in [3.63, 3.8) is 0 Å². The van der Waals surface area contributed by atoms with Crippen LogP contribution in [0.5, 0.6) is 0 Å². The number of hydrogen-bond donors (Lipinski definition) is 0. The third-order valence-corrected chi connectivity index (χ3v) is 4.03. The van der Waals surface area contributed by atoms with E-state index in [1.165, 1.54) is 11.7 Å². The molecule has 0 spiro atoms. The first-order valence-corrected chi connectivity index (χ1v) is 7.32. The van der Waals surface area contributed by atoms with Crippen molar-refractivity contribution in [1.29, 1.82) is 0 Å². The van der Waals surface area contributed by atoms with Crippen molar-refractivity contribution in [3.8, 4) is 0 Å². The normalized spacial score (nSPS) is 16.4. The monoisotopic (exact) mass is 323 g/mol. The van der Waals surface area contributed by atoms with E-state index in [4.69, 9.17) is 11.6 Å². The van der Waals surface area contributed by atoms with Gasteiger partial charge in [0, 0.05) is 13.1 Å². The van der Waals surface area contributed by atoms with E-state index in [-0.39, 0.29) is 24.4 Å². The molecule has 0 unspecified atom stereocenters. The molecule has 1 amide bonds. The largest absolute Gasteiger partial charge is 0.435 e. The van der Waals surface area contributed by atoms with E-state index in [2.05, 4.69) is 5.10 Å². The van der Waals surface area contributed by atoms with Crippen LogP contribution in [0, 0.1) is 0 Å². The molecular formula is C13H17ClF3N3O. The van der Waals surface area contributed by atoms with E-state index >= 15 is 0 Å². The zero-order chi connectivity index (χ0) is 15.6. The van der Waals surface area contributed by atoms with Crippen LogP contribution in [0.2, 0.25) is 0 Å². The van der Waals surface area contributed by atoms with Crippen LogP contribution >= 0.6 is 11.6 Å². The number of carbonyl (C=O) groups is 1. The van der Waals surface area contributed by atoms with E-state index in [0.29, 0.717) is 5.69 Å². The topological polar surface area (TPSA) is 38.1 Å². The zero-order valence-electron chi connectivity index (χ0n) is 11.7. The van der Waals surface area contributed by atoms with Crippen molar-refractivity contribution in [2.24, 2.45) is 7.05 Å². The summed E-state index contributed by atoms with van der Waals surface area (Å²) < 4.78 is 39.2. The minimum absolute atomic E-state index is 0.0560. The lowest BCUT2D eigenvalue weighted by Crippen LogP contribution is -2.39. The van der Waals surface area contributed by atoms with Gasteiger partial charge in [0.25, 0.3) is 0 Å². The summed E-state index contributed by atoms with van der Waals surface area (Å²) in [6, 6.07) is 1.05. The Bertz CT molecular complexity index is 509. The molecule has 1 aromatic heterocycles. The summed E-state index contributed by atoms with van der Waals surface area (Å²) in [7, 11) is 1.45. The fourth-order valence-electron chi connectivity index (χ4n) is 2.68. The van der Waals surface area contributed by atoms with Gasteiger partial charge in [0.1, 0.15) is 5.88 Å². The molecule has 0 saturated heterocycles. The number of aromatic nitrogens is 2. The summed E-state index contributed by atoms with van der Waals surface area (Å²) >= 11 is 5.62. The van der Waals surface area contributed by atoms with Gasteiger partial charge in [0.05, 0.1) is 12.2 Å². The highest BCUT2D eigenvalue weighted by Crippen LogP contribution is 2.30. The average molecular weight is 324 g/mol. The number of carbonyl (C=O) groups excluding carboxylic acids is 1. The number of alkyl halides is 4. The maximum Gasteiger partial charge on any atom is 0.435 e. The molecule has 1 aliphatic carbocycles. The Balaban J connectivity index is 2.20. The molecule has 4 nitrogen and oxygen atoms in total. The second-order valence-corrected chi connectivity index (χ2v) is 5.50. The first-order valence-electron chi connectivity index (χ1n) is 6.78. The van der Waals surface area contributed by atoms with Crippen molar-refractivity contribution in [1.82, 2.24) is 14.7 Å². The number of amides is 1. The predicted molar refractivity (Wildman–Crippen MR) is 71.7 cm³/mol. The molecule has 1 heterocycles. The van der Waals surface area contributed by atoms with Crippen molar-refractivity contribution >= 4 is 17.5 Å². The molecule has 0 atom stereocenters. The van der Waals surface area contributed by atoms with Crippen molar-refractivity contribution in [3.05, 3.63) is 17.5 Å². The Morgan fingerprint density at radius 2 is 2.10 bits per heavy atom. The highest BCUT2D eigenvalue weighted by molar-refractivity contribution is 6.27. The van der Waals surface area contributed by atoms with Crippen molar-refractivity contribution in [2.75, 3.05) is 5.88 Å². The summed E-state index contributed by atoms with van der Waals surface area (Å²) in [5, 5.41) is 3.47. The van der Waals surface area contributed by atoms with E-state index in [1.807, 2.05) is 0 Å². The second kappa shape index (κ2) is 6.25. The highest BCUT2D eigenvalue weighted by atomic mass is 35.5. The van der Waals surface area contributed by atoms with Crippen LogP contribution in [-0.4, -0.2) is 32.5 Å². The minimum atomic E-state index is -4.48. The molecule has 21 heavy (non-hydrogen) atoms. The van der Waals surface area contributed by atoms with Gasteiger partial charge in [-0.15, -0.1) is 11.6 Å². The summed E-state index contributed by atoms with van der Waals surface area (Å²) in [6.07, 6.45) is -0.699. The van der Waals surface area contributed by atoms with E-state index < -0.39 is 11.9 Å². The number of halogens is 4. The molecule has 0 N–H and O–H groups in total. The van der Waals surface area contributed by atoms with Gasteiger partial charge in [0.2, 0.25) is 5.91 Å². The molecule has 0 aliphatic heterocycles. The van der Waals surface area contributed by atoms with Crippen LogP contribution in [0.3, 0.4) is 0 Å². The molecule has 1 aliphatic rings. The fraction of sp³-hybridized carbons (Fsp3) is 0.692. The van der Waals surface area contributed by atoms with Gasteiger partial charge < -0.3 is 4.90 Å². The first kappa shape index (κ1) is 16.1. The molecule has 8 heteroatoms. The van der Waals surface area contributed by atoms with Crippen LogP contribution in [0.15, 0.2) is 6.07 Å². The maximum absolute atomic E-state index is 12.7. The smallest absolute Gasteiger partial charge is 0.333 e. The standard InChI is InChI=1S/C13H17ClF3N3O/c1-19-10(6-11(18-19)13(15,16)17)8-20(12(21)7-14)9-4-2-3-5-9/h6,9H,2-5,7-8H2,1H3. The van der Waals surface area contributed by atoms with Gasteiger partial charge in [-0.3, -0.25) is 9.48 Å². The zero-order valence-corrected chi connectivity index (χ0v) is 12.4. The van der Waals surface area contributed by atoms with Crippen molar-refractivity contribution < 1.29 is 18.0 Å². The Morgan fingerprint density at radius 3 is 2.57 bits per heavy atom. The molecule has 1 saturated carbocycles. The lowest BCUT2D eigenvalue weighted by atomic mass is 10.2. The summed E-state index contributed by atoms with van der Waals surface area (Å²) in [5.41, 5.74) is -0.586. The van der Waals surface area contributed by atoms with Crippen LogP contribution in [-0.2, 0) is 24.6 Å². The Hall–Kier alpha value is -1.24. The average Bonchev–Trinajstić information content (AvgIpc) is 3.04. The number of hydrogen-bond acceptors (Lipinski definition) is 2. The van der Waals surface area contributed by atoms with Crippen LogP contribution in [0.4, 0.5) is 13.2 Å². The Morgan fingerprint density at radius 1 is 1.48 bits per heavy atom. The summed E-state index contributed by atoms with van der Waals surface area (Å²) in [6.45, 7) is 0.107. The third-order valence-electron chi connectivity index (χ3n) is 3.80. The maximum atomic E-state index is 12.7. The quantitative estimate of drug-likeness (QED) is 0.799. The van der Waals surface area contributed by atoms with Crippen LogP contribution < -0.4 is 0 Å². The summed E-state index contributed by atoms with van der Waals surface area (Å²) in [5.74, 6) is -0.418. The van der Waals surface area contributed by atoms with Gasteiger partial charge in [0.15, 0.2) is 5.69 Å². The first-order chi connectivity index (χ1) is 9.82.